The van der Waals surface area contributed by atoms with Gasteiger partial charge < -0.3 is 15.4 Å². The lowest BCUT2D eigenvalue weighted by Gasteiger charge is -2.21. The van der Waals surface area contributed by atoms with Gasteiger partial charge in [0.05, 0.1) is 17.8 Å². The lowest BCUT2D eigenvalue weighted by molar-refractivity contribution is 0.414. The molecule has 17 heavy (non-hydrogen) atoms. The molecular formula is C13H20N2OS. The summed E-state index contributed by atoms with van der Waals surface area (Å²) in [6, 6.07) is 8.03. The molecule has 94 valence electrons. The minimum Gasteiger partial charge on any atom is -0.495 e. The van der Waals surface area contributed by atoms with Crippen molar-refractivity contribution in [3.63, 3.8) is 0 Å². The van der Waals surface area contributed by atoms with Crippen molar-refractivity contribution in [3.8, 4) is 5.75 Å². The van der Waals surface area contributed by atoms with E-state index in [2.05, 4.69) is 18.0 Å². The van der Waals surface area contributed by atoms with Crippen LogP contribution in [0.15, 0.2) is 24.3 Å². The monoisotopic (exact) mass is 252 g/mol. The Morgan fingerprint density at radius 3 is 2.71 bits per heavy atom. The fourth-order valence-corrected chi connectivity index (χ4v) is 1.86. The zero-order chi connectivity index (χ0) is 12.7. The average Bonchev–Trinajstić information content (AvgIpc) is 2.34. The van der Waals surface area contributed by atoms with E-state index in [1.807, 2.05) is 18.2 Å². The molecule has 0 heterocycles. The lowest BCUT2D eigenvalue weighted by Crippen LogP contribution is -2.19. The molecule has 0 saturated carbocycles. The van der Waals surface area contributed by atoms with Crippen molar-refractivity contribution >= 4 is 22.9 Å². The maximum atomic E-state index is 5.46. The van der Waals surface area contributed by atoms with E-state index in [4.69, 9.17) is 22.7 Å². The number of unbranched alkanes of at least 4 members (excludes halogenated alkanes) is 1. The molecule has 0 spiro atoms. The predicted octanol–water partition coefficient (Wildman–Crippen LogP) is 2.59. The van der Waals surface area contributed by atoms with E-state index >= 15 is 0 Å². The highest BCUT2D eigenvalue weighted by molar-refractivity contribution is 7.80. The molecule has 0 bridgehead atoms. The Labute approximate surface area is 109 Å². The second-order valence-corrected chi connectivity index (χ2v) is 4.54. The molecule has 1 aromatic rings. The summed E-state index contributed by atoms with van der Waals surface area (Å²) in [4.78, 5) is 2.79. The Morgan fingerprint density at radius 2 is 2.06 bits per heavy atom. The number of thiocarbonyl (C=S) groups is 1. The van der Waals surface area contributed by atoms with Gasteiger partial charge in [0.2, 0.25) is 0 Å². The zero-order valence-electron chi connectivity index (χ0n) is 10.5. The summed E-state index contributed by atoms with van der Waals surface area (Å²) in [5.74, 6) is 0.907. The van der Waals surface area contributed by atoms with Crippen LogP contribution in [0.3, 0.4) is 0 Å². The molecular weight excluding hydrogens is 232 g/mol. The first kappa shape index (κ1) is 13.8. The fraction of sp³-hybridized carbons (Fsp3) is 0.462. The number of rotatable bonds is 7. The minimum absolute atomic E-state index is 0.602. The number of ether oxygens (including phenoxy) is 1. The Kier molecular flexibility index (Phi) is 5.77. The first-order valence-corrected chi connectivity index (χ1v) is 6.18. The van der Waals surface area contributed by atoms with Crippen molar-refractivity contribution in [1.29, 1.82) is 0 Å². The van der Waals surface area contributed by atoms with Crippen LogP contribution in [0.5, 0.6) is 5.75 Å². The number of nitrogens with zero attached hydrogens (tertiary/aromatic N) is 1. The van der Waals surface area contributed by atoms with Gasteiger partial charge in [0.25, 0.3) is 0 Å². The number of anilines is 1. The first-order valence-electron chi connectivity index (χ1n) is 5.77. The number of hydrogen-bond acceptors (Lipinski definition) is 3. The van der Waals surface area contributed by atoms with E-state index in [0.29, 0.717) is 4.99 Å². The number of methoxy groups -OCH3 is 1. The zero-order valence-corrected chi connectivity index (χ0v) is 11.3. The van der Waals surface area contributed by atoms with Gasteiger partial charge in [-0.05, 0) is 31.4 Å². The number of para-hydroxylation sites is 2. The van der Waals surface area contributed by atoms with E-state index in [1.165, 1.54) is 0 Å². The molecule has 0 aliphatic heterocycles. The molecule has 0 atom stereocenters. The van der Waals surface area contributed by atoms with Crippen LogP contribution in [0.2, 0.25) is 0 Å². The predicted molar refractivity (Wildman–Crippen MR) is 76.9 cm³/mol. The van der Waals surface area contributed by atoms with Crippen LogP contribution in [-0.2, 0) is 0 Å². The molecule has 0 radical (unpaired) electrons. The number of nitrogens with two attached hydrogens (primary N) is 1. The van der Waals surface area contributed by atoms with Crippen LogP contribution < -0.4 is 15.4 Å². The third kappa shape index (κ3) is 4.61. The van der Waals surface area contributed by atoms with Crippen molar-refractivity contribution < 1.29 is 4.74 Å². The summed E-state index contributed by atoms with van der Waals surface area (Å²) in [7, 11) is 3.76. The minimum atomic E-state index is 0.602. The van der Waals surface area contributed by atoms with Crippen molar-refractivity contribution in [3.05, 3.63) is 24.3 Å². The maximum absolute atomic E-state index is 5.46. The molecule has 1 rings (SSSR count). The van der Waals surface area contributed by atoms with Gasteiger partial charge in [-0.2, -0.15) is 0 Å². The molecule has 0 fully saturated rings. The van der Waals surface area contributed by atoms with Crippen molar-refractivity contribution in [2.75, 3.05) is 25.6 Å². The SMILES string of the molecule is COc1ccccc1N(C)CCCCC(N)=S. The average molecular weight is 252 g/mol. The van der Waals surface area contributed by atoms with Crippen molar-refractivity contribution in [2.45, 2.75) is 19.3 Å². The van der Waals surface area contributed by atoms with Crippen LogP contribution in [-0.4, -0.2) is 25.7 Å². The second kappa shape index (κ2) is 7.12. The molecule has 0 unspecified atom stereocenters. The molecule has 0 amide bonds. The van der Waals surface area contributed by atoms with Gasteiger partial charge in [-0.15, -0.1) is 0 Å². The van der Waals surface area contributed by atoms with Gasteiger partial charge in [-0.1, -0.05) is 24.4 Å². The highest BCUT2D eigenvalue weighted by atomic mass is 32.1. The second-order valence-electron chi connectivity index (χ2n) is 4.02. The summed E-state index contributed by atoms with van der Waals surface area (Å²) >= 11 is 4.85. The van der Waals surface area contributed by atoms with Crippen molar-refractivity contribution in [2.24, 2.45) is 5.73 Å². The Balaban J connectivity index is 2.46. The number of benzene rings is 1. The molecule has 4 heteroatoms. The summed E-state index contributed by atoms with van der Waals surface area (Å²) in [6.45, 7) is 0.975. The lowest BCUT2D eigenvalue weighted by atomic mass is 10.2. The van der Waals surface area contributed by atoms with E-state index in [-0.39, 0.29) is 0 Å². The Hall–Kier alpha value is -1.29. The Bertz CT molecular complexity index is 368. The standard InChI is InChI=1S/C13H20N2OS/c1-15(10-6-5-9-13(14)17)11-7-3-4-8-12(11)16-2/h3-4,7-8H,5-6,9-10H2,1-2H3,(H2,14,17). The van der Waals surface area contributed by atoms with E-state index < -0.39 is 0 Å². The summed E-state index contributed by atoms with van der Waals surface area (Å²) < 4.78 is 5.33. The molecule has 0 aliphatic rings. The number of hydrogen-bond donors (Lipinski definition) is 1. The topological polar surface area (TPSA) is 38.5 Å². The smallest absolute Gasteiger partial charge is 0.142 e. The van der Waals surface area contributed by atoms with Gasteiger partial charge in [-0.25, -0.2) is 0 Å². The van der Waals surface area contributed by atoms with E-state index in [9.17, 15) is 0 Å². The van der Waals surface area contributed by atoms with Crippen LogP contribution in [0.4, 0.5) is 5.69 Å². The van der Waals surface area contributed by atoms with Crippen LogP contribution in [0, 0.1) is 0 Å². The normalized spacial score (nSPS) is 10.0. The molecule has 1 aromatic carbocycles. The van der Waals surface area contributed by atoms with E-state index in [0.717, 1.165) is 37.2 Å². The molecule has 0 saturated heterocycles. The van der Waals surface area contributed by atoms with Crippen LogP contribution in [0.1, 0.15) is 19.3 Å². The molecule has 2 N–H and O–H groups in total. The summed E-state index contributed by atoms with van der Waals surface area (Å²) in [6.07, 6.45) is 2.94. The fourth-order valence-electron chi connectivity index (χ4n) is 1.71. The van der Waals surface area contributed by atoms with Crippen LogP contribution >= 0.6 is 12.2 Å². The van der Waals surface area contributed by atoms with E-state index in [1.54, 1.807) is 7.11 Å². The van der Waals surface area contributed by atoms with Gasteiger partial charge >= 0.3 is 0 Å². The summed E-state index contributed by atoms with van der Waals surface area (Å²) in [5, 5.41) is 0. The quantitative estimate of drug-likeness (QED) is 0.598. The van der Waals surface area contributed by atoms with Crippen molar-refractivity contribution in [1.82, 2.24) is 0 Å². The van der Waals surface area contributed by atoms with Crippen LogP contribution in [0.25, 0.3) is 0 Å². The molecule has 0 aliphatic carbocycles. The van der Waals surface area contributed by atoms with Gasteiger partial charge in [-0.3, -0.25) is 0 Å². The third-order valence-corrected chi connectivity index (χ3v) is 2.87. The first-order chi connectivity index (χ1) is 8.15. The Morgan fingerprint density at radius 1 is 1.35 bits per heavy atom. The third-order valence-electron chi connectivity index (χ3n) is 2.66. The highest BCUT2D eigenvalue weighted by Gasteiger charge is 2.06. The van der Waals surface area contributed by atoms with Gasteiger partial charge in [0.15, 0.2) is 0 Å². The molecule has 0 aromatic heterocycles. The summed E-state index contributed by atoms with van der Waals surface area (Å²) in [5.41, 5.74) is 6.58. The highest BCUT2D eigenvalue weighted by Crippen LogP contribution is 2.26. The maximum Gasteiger partial charge on any atom is 0.142 e. The van der Waals surface area contributed by atoms with Gasteiger partial charge in [0.1, 0.15) is 5.75 Å². The molecule has 3 nitrogen and oxygen atoms in total. The largest absolute Gasteiger partial charge is 0.495 e. The van der Waals surface area contributed by atoms with Gasteiger partial charge in [0, 0.05) is 13.6 Å².